The highest BCUT2D eigenvalue weighted by Crippen LogP contribution is 2.20. The molecule has 0 aliphatic heterocycles. The van der Waals surface area contributed by atoms with E-state index in [1.807, 2.05) is 66.9 Å². The fourth-order valence-corrected chi connectivity index (χ4v) is 2.23. The molecule has 0 unspecified atom stereocenters. The molecule has 0 spiro atoms. The minimum absolute atomic E-state index is 0.0463. The second kappa shape index (κ2) is 6.26. The van der Waals surface area contributed by atoms with Crippen LogP contribution in [0.2, 0.25) is 0 Å². The van der Waals surface area contributed by atoms with Gasteiger partial charge in [0.15, 0.2) is 5.78 Å². The fourth-order valence-electron chi connectivity index (χ4n) is 2.23. The van der Waals surface area contributed by atoms with E-state index in [2.05, 4.69) is 5.10 Å². The van der Waals surface area contributed by atoms with E-state index >= 15 is 0 Å². The van der Waals surface area contributed by atoms with Crippen LogP contribution in [0.5, 0.6) is 5.75 Å². The van der Waals surface area contributed by atoms with Crippen LogP contribution in [-0.2, 0) is 6.54 Å². The van der Waals surface area contributed by atoms with Crippen LogP contribution >= 0.6 is 0 Å². The molecular weight excluding hydrogens is 276 g/mol. The molecule has 0 fully saturated rings. The first-order chi connectivity index (χ1) is 10.8. The molecule has 0 amide bonds. The summed E-state index contributed by atoms with van der Waals surface area (Å²) in [5.74, 6) is 0.854. The molecule has 0 bridgehead atoms. The minimum Gasteiger partial charge on any atom is -0.497 e. The van der Waals surface area contributed by atoms with Crippen LogP contribution in [0, 0.1) is 0 Å². The first kappa shape index (κ1) is 14.1. The summed E-state index contributed by atoms with van der Waals surface area (Å²) in [6.07, 6.45) is 1.82. The van der Waals surface area contributed by atoms with E-state index in [0.29, 0.717) is 5.56 Å². The molecule has 0 atom stereocenters. The molecule has 4 nitrogen and oxygen atoms in total. The van der Waals surface area contributed by atoms with Crippen molar-refractivity contribution in [2.45, 2.75) is 6.54 Å². The number of carbonyl (C=O) groups is 1. The number of hydrogen-bond donors (Lipinski definition) is 0. The van der Waals surface area contributed by atoms with Crippen LogP contribution in [0.4, 0.5) is 0 Å². The Kier molecular flexibility index (Phi) is 4.01. The van der Waals surface area contributed by atoms with E-state index < -0.39 is 0 Å². The number of nitrogens with zero attached hydrogens (tertiary/aromatic N) is 2. The number of hydrogen-bond acceptors (Lipinski definition) is 3. The predicted molar refractivity (Wildman–Crippen MR) is 85.0 cm³/mol. The Morgan fingerprint density at radius 3 is 2.45 bits per heavy atom. The highest BCUT2D eigenvalue weighted by atomic mass is 16.5. The second-order valence-corrected chi connectivity index (χ2v) is 4.92. The lowest BCUT2D eigenvalue weighted by Crippen LogP contribution is -2.10. The Bertz CT molecular complexity index is 761. The van der Waals surface area contributed by atoms with Gasteiger partial charge in [0.2, 0.25) is 0 Å². The van der Waals surface area contributed by atoms with Gasteiger partial charge in [-0.15, -0.1) is 0 Å². The molecule has 0 radical (unpaired) electrons. The van der Waals surface area contributed by atoms with Gasteiger partial charge in [0, 0.05) is 17.3 Å². The van der Waals surface area contributed by atoms with Gasteiger partial charge in [-0.25, -0.2) is 0 Å². The van der Waals surface area contributed by atoms with E-state index in [1.54, 1.807) is 11.8 Å². The molecule has 110 valence electrons. The molecule has 4 heteroatoms. The van der Waals surface area contributed by atoms with E-state index in [-0.39, 0.29) is 12.3 Å². The van der Waals surface area contributed by atoms with Crippen LogP contribution in [0.15, 0.2) is 66.9 Å². The van der Waals surface area contributed by atoms with Gasteiger partial charge in [-0.2, -0.15) is 5.10 Å². The Morgan fingerprint density at radius 2 is 1.77 bits per heavy atom. The van der Waals surface area contributed by atoms with Crippen molar-refractivity contribution in [1.29, 1.82) is 0 Å². The Balaban J connectivity index is 1.74. The van der Waals surface area contributed by atoms with Gasteiger partial charge in [0.1, 0.15) is 12.3 Å². The summed E-state index contributed by atoms with van der Waals surface area (Å²) in [6, 6.07) is 18.8. The molecule has 0 saturated carbocycles. The molecular formula is C18H16N2O2. The Hall–Kier alpha value is -2.88. The van der Waals surface area contributed by atoms with Crippen LogP contribution in [-0.4, -0.2) is 22.7 Å². The van der Waals surface area contributed by atoms with Crippen molar-refractivity contribution in [2.75, 3.05) is 7.11 Å². The average molecular weight is 292 g/mol. The van der Waals surface area contributed by atoms with Gasteiger partial charge in [0.05, 0.1) is 12.8 Å². The molecule has 0 saturated heterocycles. The highest BCUT2D eigenvalue weighted by molar-refractivity contribution is 5.95. The maximum Gasteiger partial charge on any atom is 0.184 e. The molecule has 22 heavy (non-hydrogen) atoms. The first-order valence-electron chi connectivity index (χ1n) is 7.02. The van der Waals surface area contributed by atoms with Gasteiger partial charge in [-0.3, -0.25) is 9.48 Å². The maximum atomic E-state index is 12.2. The molecule has 3 aromatic rings. The minimum atomic E-state index is 0.0463. The van der Waals surface area contributed by atoms with E-state index in [0.717, 1.165) is 17.0 Å². The number of Topliss-reactive ketones (excluding diaryl/α,β-unsaturated/α-hetero) is 1. The topological polar surface area (TPSA) is 44.1 Å². The monoisotopic (exact) mass is 292 g/mol. The van der Waals surface area contributed by atoms with Gasteiger partial charge in [-0.1, -0.05) is 30.3 Å². The maximum absolute atomic E-state index is 12.2. The van der Waals surface area contributed by atoms with Crippen molar-refractivity contribution in [3.05, 3.63) is 72.4 Å². The molecule has 1 aromatic heterocycles. The number of methoxy groups -OCH3 is 1. The molecule has 2 aromatic carbocycles. The normalized spacial score (nSPS) is 10.4. The third kappa shape index (κ3) is 3.06. The number of carbonyl (C=O) groups excluding carboxylic acids is 1. The fraction of sp³-hybridized carbons (Fsp3) is 0.111. The van der Waals surface area contributed by atoms with Crippen LogP contribution in [0.1, 0.15) is 10.4 Å². The number of benzene rings is 2. The Morgan fingerprint density at radius 1 is 1.05 bits per heavy atom. The van der Waals surface area contributed by atoms with Gasteiger partial charge in [0.25, 0.3) is 0 Å². The van der Waals surface area contributed by atoms with Crippen molar-refractivity contribution in [2.24, 2.45) is 0 Å². The summed E-state index contributed by atoms with van der Waals surface area (Å²) in [6.45, 7) is 0.236. The molecule has 0 aliphatic rings. The van der Waals surface area contributed by atoms with Crippen molar-refractivity contribution in [1.82, 2.24) is 9.78 Å². The lowest BCUT2D eigenvalue weighted by molar-refractivity contribution is 0.0968. The van der Waals surface area contributed by atoms with E-state index in [1.165, 1.54) is 0 Å². The first-order valence-corrected chi connectivity index (χ1v) is 7.02. The van der Waals surface area contributed by atoms with Gasteiger partial charge < -0.3 is 4.74 Å². The summed E-state index contributed by atoms with van der Waals surface area (Å²) in [5, 5.41) is 4.46. The molecule has 1 heterocycles. The van der Waals surface area contributed by atoms with Crippen LogP contribution < -0.4 is 4.74 Å². The number of aromatic nitrogens is 2. The lowest BCUT2D eigenvalue weighted by Gasteiger charge is -2.02. The third-order valence-electron chi connectivity index (χ3n) is 3.43. The quantitative estimate of drug-likeness (QED) is 0.677. The second-order valence-electron chi connectivity index (χ2n) is 4.92. The van der Waals surface area contributed by atoms with E-state index in [4.69, 9.17) is 4.74 Å². The van der Waals surface area contributed by atoms with Gasteiger partial charge in [-0.05, 0) is 30.3 Å². The smallest absolute Gasteiger partial charge is 0.184 e. The van der Waals surface area contributed by atoms with Crippen LogP contribution in [0.3, 0.4) is 0 Å². The SMILES string of the molecule is COc1ccc(-c2ccn(CC(=O)c3ccccc3)n2)cc1. The average Bonchev–Trinajstić information content (AvgIpc) is 3.04. The molecule has 0 N–H and O–H groups in total. The summed E-state index contributed by atoms with van der Waals surface area (Å²) in [7, 11) is 1.64. The van der Waals surface area contributed by atoms with Crippen LogP contribution in [0.25, 0.3) is 11.3 Å². The van der Waals surface area contributed by atoms with Crippen molar-refractivity contribution in [3.63, 3.8) is 0 Å². The zero-order valence-electron chi connectivity index (χ0n) is 12.3. The largest absolute Gasteiger partial charge is 0.497 e. The number of rotatable bonds is 5. The lowest BCUT2D eigenvalue weighted by atomic mass is 10.1. The predicted octanol–water partition coefficient (Wildman–Crippen LogP) is 3.44. The van der Waals surface area contributed by atoms with Crippen molar-refractivity contribution >= 4 is 5.78 Å². The zero-order chi connectivity index (χ0) is 15.4. The standard InChI is InChI=1S/C18H16N2O2/c1-22-16-9-7-14(8-10-16)17-11-12-20(19-17)13-18(21)15-5-3-2-4-6-15/h2-12H,13H2,1H3. The summed E-state index contributed by atoms with van der Waals surface area (Å²) in [5.41, 5.74) is 2.53. The van der Waals surface area contributed by atoms with Crippen molar-refractivity contribution in [3.8, 4) is 17.0 Å². The molecule has 0 aliphatic carbocycles. The molecule has 3 rings (SSSR count). The highest BCUT2D eigenvalue weighted by Gasteiger charge is 2.08. The number of ketones is 1. The summed E-state index contributed by atoms with van der Waals surface area (Å²) < 4.78 is 6.80. The summed E-state index contributed by atoms with van der Waals surface area (Å²) >= 11 is 0. The summed E-state index contributed by atoms with van der Waals surface area (Å²) in [4.78, 5) is 12.2. The van der Waals surface area contributed by atoms with Gasteiger partial charge >= 0.3 is 0 Å². The third-order valence-corrected chi connectivity index (χ3v) is 3.43. The van der Waals surface area contributed by atoms with E-state index in [9.17, 15) is 4.79 Å². The number of ether oxygens (including phenoxy) is 1. The zero-order valence-corrected chi connectivity index (χ0v) is 12.3. The Labute approximate surface area is 129 Å². The van der Waals surface area contributed by atoms with Crippen molar-refractivity contribution < 1.29 is 9.53 Å².